The largest absolute Gasteiger partial charge is 0.357 e. The minimum Gasteiger partial charge on any atom is -0.357 e. The highest BCUT2D eigenvalue weighted by molar-refractivity contribution is 7.89. The molecule has 2 rings (SSSR count). The van der Waals surface area contributed by atoms with Crippen LogP contribution in [-0.2, 0) is 16.6 Å². The van der Waals surface area contributed by atoms with Crippen molar-refractivity contribution in [2.24, 2.45) is 0 Å². The molecule has 0 amide bonds. The van der Waals surface area contributed by atoms with Crippen molar-refractivity contribution < 1.29 is 8.42 Å². The fourth-order valence-corrected chi connectivity index (χ4v) is 2.43. The number of sulfonamides is 1. The highest BCUT2D eigenvalue weighted by Crippen LogP contribution is 2.16. The van der Waals surface area contributed by atoms with E-state index in [0.29, 0.717) is 5.82 Å². The molecule has 0 aromatic carbocycles. The minimum absolute atomic E-state index is 0.0683. The summed E-state index contributed by atoms with van der Waals surface area (Å²) in [5.41, 5.74) is 0. The van der Waals surface area contributed by atoms with Gasteiger partial charge in [-0.15, -0.1) is 0 Å². The summed E-state index contributed by atoms with van der Waals surface area (Å²) in [5, 5.41) is 0. The molecule has 0 bridgehead atoms. The van der Waals surface area contributed by atoms with Gasteiger partial charge in [-0.1, -0.05) is 0 Å². The summed E-state index contributed by atoms with van der Waals surface area (Å²) in [6.45, 7) is 3.77. The lowest BCUT2D eigenvalue weighted by Crippen LogP contribution is -2.26. The van der Waals surface area contributed by atoms with Crippen LogP contribution in [0.15, 0.2) is 12.3 Å². The first-order valence-electron chi connectivity index (χ1n) is 6.15. The van der Waals surface area contributed by atoms with Gasteiger partial charge < -0.3 is 4.90 Å². The maximum Gasteiger partial charge on any atom is 0.211 e. The van der Waals surface area contributed by atoms with Crippen molar-refractivity contribution in [3.8, 4) is 0 Å². The quantitative estimate of drug-likeness (QED) is 0.844. The van der Waals surface area contributed by atoms with Crippen LogP contribution in [0.1, 0.15) is 25.6 Å². The summed E-state index contributed by atoms with van der Waals surface area (Å²) in [4.78, 5) is 10.7. The Morgan fingerprint density at radius 1 is 1.39 bits per heavy atom. The summed E-state index contributed by atoms with van der Waals surface area (Å²) < 4.78 is 25.1. The van der Waals surface area contributed by atoms with Crippen LogP contribution in [0, 0.1) is 0 Å². The van der Waals surface area contributed by atoms with E-state index in [2.05, 4.69) is 19.6 Å². The average Bonchev–Trinajstić information content (AvgIpc) is 2.91. The lowest BCUT2D eigenvalue weighted by molar-refractivity contribution is 0.580. The molecule has 6 nitrogen and oxygen atoms in total. The average molecular weight is 270 g/mol. The first kappa shape index (κ1) is 13.2. The van der Waals surface area contributed by atoms with Gasteiger partial charge in [-0.25, -0.2) is 23.1 Å². The Labute approximate surface area is 107 Å². The van der Waals surface area contributed by atoms with Crippen molar-refractivity contribution in [2.75, 3.05) is 23.7 Å². The molecule has 100 valence electrons. The molecule has 0 aliphatic carbocycles. The smallest absolute Gasteiger partial charge is 0.211 e. The molecule has 1 aromatic heterocycles. The van der Waals surface area contributed by atoms with E-state index in [4.69, 9.17) is 0 Å². The molecule has 1 aliphatic heterocycles. The van der Waals surface area contributed by atoms with Gasteiger partial charge in [0, 0.05) is 19.3 Å². The van der Waals surface area contributed by atoms with Gasteiger partial charge in [0.25, 0.3) is 0 Å². The molecule has 1 aromatic rings. The zero-order chi connectivity index (χ0) is 13.0. The maximum absolute atomic E-state index is 11.3. The van der Waals surface area contributed by atoms with Crippen LogP contribution in [0.5, 0.6) is 0 Å². The molecule has 0 unspecified atom stereocenters. The van der Waals surface area contributed by atoms with Crippen molar-refractivity contribution >= 4 is 15.8 Å². The predicted octanol–water partition coefficient (Wildman–Crippen LogP) is 0.516. The topological polar surface area (TPSA) is 75.2 Å². The number of hydrogen-bond acceptors (Lipinski definition) is 5. The molecule has 1 aliphatic rings. The Kier molecular flexibility index (Phi) is 4.13. The van der Waals surface area contributed by atoms with Crippen molar-refractivity contribution in [1.82, 2.24) is 14.7 Å². The number of nitrogens with zero attached hydrogens (tertiary/aromatic N) is 3. The predicted molar refractivity (Wildman–Crippen MR) is 69.8 cm³/mol. The highest BCUT2D eigenvalue weighted by Gasteiger charge is 2.14. The van der Waals surface area contributed by atoms with E-state index in [-0.39, 0.29) is 12.3 Å². The number of hydrogen-bond donors (Lipinski definition) is 1. The fourth-order valence-electron chi connectivity index (χ4n) is 1.87. The first-order valence-corrected chi connectivity index (χ1v) is 7.80. The molecule has 1 N–H and O–H groups in total. The molecular weight excluding hydrogens is 252 g/mol. The van der Waals surface area contributed by atoms with Crippen LogP contribution in [0.2, 0.25) is 0 Å². The van der Waals surface area contributed by atoms with E-state index < -0.39 is 10.0 Å². The van der Waals surface area contributed by atoms with Crippen LogP contribution in [0.25, 0.3) is 0 Å². The third kappa shape index (κ3) is 3.39. The molecule has 1 saturated heterocycles. The SMILES string of the molecule is CCS(=O)(=O)NCc1nccc(N2CCCC2)n1. The molecule has 1 fully saturated rings. The van der Waals surface area contributed by atoms with Gasteiger partial charge in [0.15, 0.2) is 0 Å². The standard InChI is InChI=1S/C11H18N4O2S/c1-2-18(16,17)13-9-10-12-6-5-11(14-10)15-7-3-4-8-15/h5-6,13H,2-4,7-9H2,1H3. The van der Waals surface area contributed by atoms with Crippen molar-refractivity contribution in [1.29, 1.82) is 0 Å². The fraction of sp³-hybridized carbons (Fsp3) is 0.636. The van der Waals surface area contributed by atoms with Crippen molar-refractivity contribution in [3.63, 3.8) is 0 Å². The zero-order valence-electron chi connectivity index (χ0n) is 10.5. The van der Waals surface area contributed by atoms with E-state index in [1.807, 2.05) is 6.07 Å². The summed E-state index contributed by atoms with van der Waals surface area (Å²) >= 11 is 0. The van der Waals surface area contributed by atoms with Gasteiger partial charge in [0.2, 0.25) is 10.0 Å². The van der Waals surface area contributed by atoms with Gasteiger partial charge >= 0.3 is 0 Å². The van der Waals surface area contributed by atoms with Gasteiger partial charge in [-0.05, 0) is 25.8 Å². The lowest BCUT2D eigenvalue weighted by atomic mass is 10.4. The second-order valence-electron chi connectivity index (χ2n) is 4.25. The molecule has 0 radical (unpaired) electrons. The van der Waals surface area contributed by atoms with E-state index in [1.165, 1.54) is 12.8 Å². The third-order valence-corrected chi connectivity index (χ3v) is 4.30. The van der Waals surface area contributed by atoms with Gasteiger partial charge in [-0.3, -0.25) is 0 Å². The van der Waals surface area contributed by atoms with E-state index in [9.17, 15) is 8.42 Å². The Morgan fingerprint density at radius 3 is 2.78 bits per heavy atom. The second kappa shape index (κ2) is 5.62. The van der Waals surface area contributed by atoms with Crippen LogP contribution in [0.4, 0.5) is 5.82 Å². The number of nitrogens with one attached hydrogen (secondary N) is 1. The minimum atomic E-state index is -3.19. The Balaban J connectivity index is 2.03. The maximum atomic E-state index is 11.3. The third-order valence-electron chi connectivity index (χ3n) is 2.95. The summed E-state index contributed by atoms with van der Waals surface area (Å²) in [7, 11) is -3.19. The molecule has 2 heterocycles. The second-order valence-corrected chi connectivity index (χ2v) is 6.35. The zero-order valence-corrected chi connectivity index (χ0v) is 11.3. The lowest BCUT2D eigenvalue weighted by Gasteiger charge is -2.16. The Bertz CT molecular complexity index is 498. The summed E-state index contributed by atoms with van der Waals surface area (Å²) in [5.74, 6) is 1.46. The highest BCUT2D eigenvalue weighted by atomic mass is 32.2. The van der Waals surface area contributed by atoms with Crippen LogP contribution < -0.4 is 9.62 Å². The molecule has 0 saturated carbocycles. The van der Waals surface area contributed by atoms with E-state index >= 15 is 0 Å². The van der Waals surface area contributed by atoms with Gasteiger partial charge in [-0.2, -0.15) is 0 Å². The summed E-state index contributed by atoms with van der Waals surface area (Å²) in [6.07, 6.45) is 4.04. The van der Waals surface area contributed by atoms with E-state index in [0.717, 1.165) is 18.9 Å². The van der Waals surface area contributed by atoms with Gasteiger partial charge in [0.05, 0.1) is 12.3 Å². The molecule has 7 heteroatoms. The normalized spacial score (nSPS) is 16.2. The van der Waals surface area contributed by atoms with E-state index in [1.54, 1.807) is 13.1 Å². The number of anilines is 1. The van der Waals surface area contributed by atoms with Gasteiger partial charge in [0.1, 0.15) is 11.6 Å². The molecule has 0 spiro atoms. The van der Waals surface area contributed by atoms with Crippen LogP contribution >= 0.6 is 0 Å². The number of rotatable bonds is 5. The first-order chi connectivity index (χ1) is 8.61. The van der Waals surface area contributed by atoms with Crippen LogP contribution in [0.3, 0.4) is 0 Å². The Hall–Kier alpha value is -1.21. The molecule has 0 atom stereocenters. The Morgan fingerprint density at radius 2 is 2.11 bits per heavy atom. The van der Waals surface area contributed by atoms with Crippen LogP contribution in [-0.4, -0.2) is 37.2 Å². The number of aromatic nitrogens is 2. The van der Waals surface area contributed by atoms with Crippen molar-refractivity contribution in [2.45, 2.75) is 26.3 Å². The molecular formula is C11H18N4O2S. The molecule has 18 heavy (non-hydrogen) atoms. The summed E-state index contributed by atoms with van der Waals surface area (Å²) in [6, 6.07) is 1.86. The van der Waals surface area contributed by atoms with Crippen molar-refractivity contribution in [3.05, 3.63) is 18.1 Å². The monoisotopic (exact) mass is 270 g/mol.